The van der Waals surface area contributed by atoms with Crippen LogP contribution in [0, 0.1) is 0 Å². The van der Waals surface area contributed by atoms with Gasteiger partial charge in [0.05, 0.1) is 24.6 Å². The zero-order chi connectivity index (χ0) is 22.6. The molecule has 0 saturated carbocycles. The van der Waals surface area contributed by atoms with Crippen LogP contribution >= 0.6 is 0 Å². The van der Waals surface area contributed by atoms with E-state index in [0.717, 1.165) is 11.1 Å². The molecule has 1 aliphatic heterocycles. The van der Waals surface area contributed by atoms with Gasteiger partial charge in [0.25, 0.3) is 0 Å². The maximum atomic E-state index is 12.5. The topological polar surface area (TPSA) is 98.8 Å². The summed E-state index contributed by atoms with van der Waals surface area (Å²) in [6, 6.07) is 8.48. The zero-order valence-corrected chi connectivity index (χ0v) is 18.5. The van der Waals surface area contributed by atoms with Gasteiger partial charge in [0.2, 0.25) is 11.8 Å². The lowest BCUT2D eigenvalue weighted by Crippen LogP contribution is -2.45. The number of hydrogen-bond acceptors (Lipinski definition) is 6. The second-order valence-corrected chi connectivity index (χ2v) is 8.37. The van der Waals surface area contributed by atoms with Gasteiger partial charge in [0, 0.05) is 11.6 Å². The van der Waals surface area contributed by atoms with E-state index in [9.17, 15) is 9.59 Å². The summed E-state index contributed by atoms with van der Waals surface area (Å²) in [4.78, 5) is 28.8. The summed E-state index contributed by atoms with van der Waals surface area (Å²) < 4.78 is 16.8. The van der Waals surface area contributed by atoms with E-state index in [1.165, 1.54) is 6.20 Å². The van der Waals surface area contributed by atoms with Crippen LogP contribution in [0.5, 0.6) is 11.6 Å². The summed E-state index contributed by atoms with van der Waals surface area (Å²) in [5.74, 6) is 0.763. The lowest BCUT2D eigenvalue weighted by atomic mass is 10.1. The van der Waals surface area contributed by atoms with Crippen LogP contribution in [-0.2, 0) is 20.9 Å². The number of hydrogen-bond donors (Lipinski definition) is 2. The van der Waals surface area contributed by atoms with Crippen molar-refractivity contribution in [3.05, 3.63) is 47.7 Å². The number of alkyl carbamates (subject to hydrolysis) is 1. The molecule has 31 heavy (non-hydrogen) atoms. The first-order chi connectivity index (χ1) is 14.7. The van der Waals surface area contributed by atoms with E-state index in [0.29, 0.717) is 30.3 Å². The molecule has 2 atom stereocenters. The lowest BCUT2D eigenvalue weighted by Gasteiger charge is -2.22. The van der Waals surface area contributed by atoms with Gasteiger partial charge in [-0.3, -0.25) is 4.79 Å². The normalized spacial score (nSPS) is 16.2. The van der Waals surface area contributed by atoms with Gasteiger partial charge in [-0.25, -0.2) is 9.78 Å². The van der Waals surface area contributed by atoms with Crippen molar-refractivity contribution in [3.63, 3.8) is 0 Å². The number of anilines is 1. The number of benzene rings is 1. The largest absolute Gasteiger partial charge is 0.444 e. The zero-order valence-electron chi connectivity index (χ0n) is 18.5. The number of pyridine rings is 1. The van der Waals surface area contributed by atoms with E-state index in [1.807, 2.05) is 25.1 Å². The Morgan fingerprint density at radius 2 is 2.03 bits per heavy atom. The van der Waals surface area contributed by atoms with Crippen LogP contribution in [0.15, 0.2) is 36.5 Å². The van der Waals surface area contributed by atoms with Gasteiger partial charge in [-0.2, -0.15) is 0 Å². The molecule has 0 spiro atoms. The molecule has 8 nitrogen and oxygen atoms in total. The van der Waals surface area contributed by atoms with Crippen LogP contribution in [0.4, 0.5) is 10.5 Å². The number of carbonyl (C=O) groups excluding carboxylic acids is 2. The molecule has 1 aromatic heterocycles. The molecule has 1 aliphatic rings. The van der Waals surface area contributed by atoms with Gasteiger partial charge in [-0.1, -0.05) is 19.1 Å². The second-order valence-electron chi connectivity index (χ2n) is 8.37. The third kappa shape index (κ3) is 5.95. The van der Waals surface area contributed by atoms with Crippen LogP contribution in [-0.4, -0.2) is 28.6 Å². The highest BCUT2D eigenvalue weighted by Crippen LogP contribution is 2.38. The summed E-state index contributed by atoms with van der Waals surface area (Å²) in [7, 11) is 0. The van der Waals surface area contributed by atoms with Crippen molar-refractivity contribution < 1.29 is 23.8 Å². The van der Waals surface area contributed by atoms with Gasteiger partial charge in [-0.15, -0.1) is 0 Å². The molecule has 0 fully saturated rings. The molecule has 1 aromatic carbocycles. The molecule has 1 unspecified atom stereocenters. The Morgan fingerprint density at radius 3 is 2.68 bits per heavy atom. The quantitative estimate of drug-likeness (QED) is 0.693. The predicted molar refractivity (Wildman–Crippen MR) is 116 cm³/mol. The number of aromatic nitrogens is 1. The Labute approximate surface area is 182 Å². The highest BCUT2D eigenvalue weighted by atomic mass is 16.6. The van der Waals surface area contributed by atoms with Crippen LogP contribution in [0.25, 0.3) is 0 Å². The molecule has 0 radical (unpaired) electrons. The molecule has 8 heteroatoms. The van der Waals surface area contributed by atoms with Crippen molar-refractivity contribution in [2.45, 2.75) is 65.4 Å². The molecule has 2 heterocycles. The van der Waals surface area contributed by atoms with Gasteiger partial charge in [-0.05, 0) is 51.8 Å². The number of carbonyl (C=O) groups is 2. The van der Waals surface area contributed by atoms with Crippen LogP contribution in [0.2, 0.25) is 0 Å². The first kappa shape index (κ1) is 22.6. The van der Waals surface area contributed by atoms with Gasteiger partial charge in [0.1, 0.15) is 17.4 Å². The van der Waals surface area contributed by atoms with Gasteiger partial charge >= 0.3 is 6.09 Å². The number of amides is 2. The van der Waals surface area contributed by atoms with E-state index >= 15 is 0 Å². The maximum absolute atomic E-state index is 12.5. The number of rotatable bonds is 6. The fourth-order valence-corrected chi connectivity index (χ4v) is 3.22. The summed E-state index contributed by atoms with van der Waals surface area (Å²) in [6.07, 6.45) is 1.26. The van der Waals surface area contributed by atoms with Crippen molar-refractivity contribution in [3.8, 4) is 11.6 Å². The molecule has 3 rings (SSSR count). The van der Waals surface area contributed by atoms with E-state index in [1.54, 1.807) is 39.8 Å². The average Bonchev–Trinajstić information content (AvgIpc) is 3.08. The van der Waals surface area contributed by atoms with Gasteiger partial charge < -0.3 is 24.8 Å². The highest BCUT2D eigenvalue weighted by molar-refractivity contribution is 5.96. The van der Waals surface area contributed by atoms with Gasteiger partial charge in [0.15, 0.2) is 0 Å². The second kappa shape index (κ2) is 9.34. The highest BCUT2D eigenvalue weighted by Gasteiger charge is 2.25. The fourth-order valence-electron chi connectivity index (χ4n) is 3.22. The number of nitrogens with one attached hydrogen (secondary N) is 2. The van der Waals surface area contributed by atoms with E-state index in [4.69, 9.17) is 14.2 Å². The monoisotopic (exact) mass is 427 g/mol. The Morgan fingerprint density at radius 1 is 1.26 bits per heavy atom. The van der Waals surface area contributed by atoms with Crippen molar-refractivity contribution in [2.75, 3.05) is 5.32 Å². The minimum Gasteiger partial charge on any atom is -0.444 e. The Hall–Kier alpha value is -3.13. The summed E-state index contributed by atoms with van der Waals surface area (Å²) >= 11 is 0. The number of fused-ring (bicyclic) bond motifs is 1. The lowest BCUT2D eigenvalue weighted by molar-refractivity contribution is -0.118. The Balaban J connectivity index is 1.61. The molecule has 2 N–H and O–H groups in total. The van der Waals surface area contributed by atoms with Crippen LogP contribution < -0.4 is 15.4 Å². The minimum absolute atomic E-state index is 0.0341. The summed E-state index contributed by atoms with van der Waals surface area (Å²) in [5.41, 5.74) is 2.00. The predicted octanol–water partition coefficient (Wildman–Crippen LogP) is 4.71. The van der Waals surface area contributed by atoms with Crippen LogP contribution in [0.3, 0.4) is 0 Å². The standard InChI is InChI=1S/C23H29N3O5/c1-6-17(26-22(28)31-23(3,4)5)21(27)25-16-10-11-19(24-12-16)30-18-9-7-8-15-13-29-14(2)20(15)18/h7-12,14,17H,6,13H2,1-5H3,(H,25,27)(H,26,28)/t14?,17-/m1/s1. The number of ether oxygens (including phenoxy) is 3. The van der Waals surface area contributed by atoms with Crippen molar-refractivity contribution in [2.24, 2.45) is 0 Å². The third-order valence-electron chi connectivity index (χ3n) is 4.69. The smallest absolute Gasteiger partial charge is 0.408 e. The number of nitrogens with zero attached hydrogens (tertiary/aromatic N) is 1. The molecular formula is C23H29N3O5. The van der Waals surface area contributed by atoms with Crippen molar-refractivity contribution in [1.29, 1.82) is 0 Å². The van der Waals surface area contributed by atoms with Crippen molar-refractivity contribution >= 4 is 17.7 Å². The molecular weight excluding hydrogens is 398 g/mol. The Kier molecular flexibility index (Phi) is 6.80. The first-order valence-electron chi connectivity index (χ1n) is 10.3. The van der Waals surface area contributed by atoms with Crippen molar-refractivity contribution in [1.82, 2.24) is 10.3 Å². The Bertz CT molecular complexity index is 937. The molecule has 0 aliphatic carbocycles. The molecule has 166 valence electrons. The van der Waals surface area contributed by atoms with E-state index < -0.39 is 17.7 Å². The summed E-state index contributed by atoms with van der Waals surface area (Å²) in [5, 5.41) is 5.34. The van der Waals surface area contributed by atoms with Crippen LogP contribution in [0.1, 0.15) is 58.3 Å². The first-order valence-corrected chi connectivity index (χ1v) is 10.3. The third-order valence-corrected chi connectivity index (χ3v) is 4.69. The molecule has 0 bridgehead atoms. The SMILES string of the molecule is CC[C@@H](NC(=O)OC(C)(C)C)C(=O)Nc1ccc(Oc2cccc3c2C(C)OC3)nc1. The van der Waals surface area contributed by atoms with E-state index in [2.05, 4.69) is 15.6 Å². The molecule has 2 amide bonds. The fraction of sp³-hybridized carbons (Fsp3) is 0.435. The van der Waals surface area contributed by atoms with E-state index in [-0.39, 0.29) is 12.0 Å². The molecule has 2 aromatic rings. The minimum atomic E-state index is -0.723. The summed E-state index contributed by atoms with van der Waals surface area (Å²) in [6.45, 7) is 9.66. The average molecular weight is 428 g/mol. The maximum Gasteiger partial charge on any atom is 0.408 e. The molecule has 0 saturated heterocycles.